The molecule has 3 rings (SSSR count). The van der Waals surface area contributed by atoms with Gasteiger partial charge in [0.2, 0.25) is 0 Å². The molecule has 0 unspecified atom stereocenters. The number of benzene rings is 1. The van der Waals surface area contributed by atoms with Gasteiger partial charge in [0.1, 0.15) is 5.75 Å². The summed E-state index contributed by atoms with van der Waals surface area (Å²) >= 11 is 0. The van der Waals surface area contributed by atoms with E-state index in [1.54, 1.807) is 6.20 Å². The fourth-order valence-electron chi connectivity index (χ4n) is 2.75. The van der Waals surface area contributed by atoms with E-state index in [1.807, 2.05) is 31.2 Å². The molecule has 1 aliphatic rings. The molecule has 2 aromatic rings. The zero-order chi connectivity index (χ0) is 14.7. The summed E-state index contributed by atoms with van der Waals surface area (Å²) < 4.78 is 5.45. The van der Waals surface area contributed by atoms with Gasteiger partial charge in [-0.25, -0.2) is 5.10 Å². The minimum atomic E-state index is -0.149. The van der Waals surface area contributed by atoms with Crippen LogP contribution in [0, 0.1) is 0 Å². The second-order valence-corrected chi connectivity index (χ2v) is 5.11. The molecule has 110 valence electrons. The monoisotopic (exact) mass is 285 g/mol. The van der Waals surface area contributed by atoms with Crippen molar-refractivity contribution in [2.75, 3.05) is 24.6 Å². The standard InChI is InChI=1S/C16H19N3O2/c1-2-21-13-7-5-12(6-8-13)15-14(11-17-18-16(15)20)19-9-3-4-10-19/h5-8,11H,2-4,9-10H2,1H3,(H,18,20). The van der Waals surface area contributed by atoms with Gasteiger partial charge in [-0.3, -0.25) is 4.79 Å². The lowest BCUT2D eigenvalue weighted by atomic mass is 10.1. The SMILES string of the molecule is CCOc1ccc(-c2c(N3CCCC3)cn[nH]c2=O)cc1. The number of aromatic nitrogens is 2. The lowest BCUT2D eigenvalue weighted by Crippen LogP contribution is -2.23. The fourth-order valence-corrected chi connectivity index (χ4v) is 2.75. The Bertz CT molecular complexity index is 658. The molecule has 1 aromatic carbocycles. The van der Waals surface area contributed by atoms with Gasteiger partial charge in [0.05, 0.1) is 24.1 Å². The molecule has 5 nitrogen and oxygen atoms in total. The Morgan fingerprint density at radius 1 is 1.24 bits per heavy atom. The Kier molecular flexibility index (Phi) is 3.90. The van der Waals surface area contributed by atoms with Crippen LogP contribution in [0.5, 0.6) is 5.75 Å². The number of aromatic amines is 1. The molecule has 0 saturated carbocycles. The van der Waals surface area contributed by atoms with Crippen molar-refractivity contribution in [3.63, 3.8) is 0 Å². The molecule has 21 heavy (non-hydrogen) atoms. The maximum Gasteiger partial charge on any atom is 0.274 e. The van der Waals surface area contributed by atoms with E-state index in [1.165, 1.54) is 0 Å². The molecule has 1 saturated heterocycles. The molecule has 0 atom stereocenters. The number of H-pyrrole nitrogens is 1. The summed E-state index contributed by atoms with van der Waals surface area (Å²) in [6, 6.07) is 7.64. The minimum Gasteiger partial charge on any atom is -0.494 e. The highest BCUT2D eigenvalue weighted by Gasteiger charge is 2.19. The van der Waals surface area contributed by atoms with Gasteiger partial charge in [-0.15, -0.1) is 0 Å². The van der Waals surface area contributed by atoms with Crippen LogP contribution in [0.3, 0.4) is 0 Å². The number of rotatable bonds is 4. The van der Waals surface area contributed by atoms with E-state index in [0.29, 0.717) is 12.2 Å². The number of hydrogen-bond donors (Lipinski definition) is 1. The summed E-state index contributed by atoms with van der Waals surface area (Å²) in [5.74, 6) is 0.814. The third-order valence-corrected chi connectivity index (χ3v) is 3.74. The normalized spacial score (nSPS) is 14.4. The molecule has 1 aromatic heterocycles. The Morgan fingerprint density at radius 3 is 2.62 bits per heavy atom. The van der Waals surface area contributed by atoms with Crippen molar-refractivity contribution in [3.8, 4) is 16.9 Å². The number of anilines is 1. The minimum absolute atomic E-state index is 0.149. The Hall–Kier alpha value is -2.30. The Balaban J connectivity index is 2.02. The molecule has 1 aliphatic heterocycles. The van der Waals surface area contributed by atoms with Gasteiger partial charge in [-0.2, -0.15) is 5.10 Å². The smallest absolute Gasteiger partial charge is 0.274 e. The number of hydrogen-bond acceptors (Lipinski definition) is 4. The molecular formula is C16H19N3O2. The van der Waals surface area contributed by atoms with Gasteiger partial charge in [0, 0.05) is 13.1 Å². The molecule has 0 aliphatic carbocycles. The summed E-state index contributed by atoms with van der Waals surface area (Å²) in [6.45, 7) is 4.55. The maximum atomic E-state index is 12.2. The van der Waals surface area contributed by atoms with Crippen molar-refractivity contribution in [2.24, 2.45) is 0 Å². The lowest BCUT2D eigenvalue weighted by Gasteiger charge is -2.20. The van der Waals surface area contributed by atoms with Crippen molar-refractivity contribution in [2.45, 2.75) is 19.8 Å². The lowest BCUT2D eigenvalue weighted by molar-refractivity contribution is 0.340. The molecule has 0 bridgehead atoms. The summed E-state index contributed by atoms with van der Waals surface area (Å²) in [5, 5.41) is 6.50. The predicted molar refractivity (Wildman–Crippen MR) is 82.9 cm³/mol. The molecule has 1 N–H and O–H groups in total. The van der Waals surface area contributed by atoms with Crippen molar-refractivity contribution in [3.05, 3.63) is 40.8 Å². The van der Waals surface area contributed by atoms with E-state index in [4.69, 9.17) is 4.74 Å². The van der Waals surface area contributed by atoms with E-state index in [9.17, 15) is 4.79 Å². The van der Waals surface area contributed by atoms with E-state index in [0.717, 1.165) is 42.9 Å². The van der Waals surface area contributed by atoms with Crippen molar-refractivity contribution in [1.82, 2.24) is 10.2 Å². The van der Waals surface area contributed by atoms with Gasteiger partial charge in [-0.1, -0.05) is 12.1 Å². The summed E-state index contributed by atoms with van der Waals surface area (Å²) in [7, 11) is 0. The number of nitrogens with one attached hydrogen (secondary N) is 1. The highest BCUT2D eigenvalue weighted by molar-refractivity contribution is 5.77. The van der Waals surface area contributed by atoms with Gasteiger partial charge < -0.3 is 9.64 Å². The van der Waals surface area contributed by atoms with Gasteiger partial charge in [0.25, 0.3) is 5.56 Å². The van der Waals surface area contributed by atoms with Gasteiger partial charge >= 0.3 is 0 Å². The van der Waals surface area contributed by atoms with Crippen LogP contribution in [0.15, 0.2) is 35.3 Å². The average molecular weight is 285 g/mol. The second kappa shape index (κ2) is 5.99. The molecule has 5 heteroatoms. The molecule has 0 radical (unpaired) electrons. The number of nitrogens with zero attached hydrogens (tertiary/aromatic N) is 2. The highest BCUT2D eigenvalue weighted by Crippen LogP contribution is 2.30. The van der Waals surface area contributed by atoms with Crippen LogP contribution in [-0.2, 0) is 0 Å². The van der Waals surface area contributed by atoms with Gasteiger partial charge in [-0.05, 0) is 37.5 Å². The quantitative estimate of drug-likeness (QED) is 0.937. The third-order valence-electron chi connectivity index (χ3n) is 3.74. The van der Waals surface area contributed by atoms with Crippen LogP contribution in [0.25, 0.3) is 11.1 Å². The van der Waals surface area contributed by atoms with Crippen LogP contribution in [0.4, 0.5) is 5.69 Å². The predicted octanol–water partition coefficient (Wildman–Crippen LogP) is 2.44. The summed E-state index contributed by atoms with van der Waals surface area (Å²) in [6.07, 6.45) is 4.07. The molecule has 0 spiro atoms. The Labute approximate surface area is 123 Å². The van der Waals surface area contributed by atoms with Crippen LogP contribution in [0.1, 0.15) is 19.8 Å². The van der Waals surface area contributed by atoms with Crippen molar-refractivity contribution in [1.29, 1.82) is 0 Å². The Morgan fingerprint density at radius 2 is 1.95 bits per heavy atom. The fraction of sp³-hybridized carbons (Fsp3) is 0.375. The molecule has 0 amide bonds. The maximum absolute atomic E-state index is 12.2. The van der Waals surface area contributed by atoms with Crippen molar-refractivity contribution >= 4 is 5.69 Å². The van der Waals surface area contributed by atoms with Gasteiger partial charge in [0.15, 0.2) is 0 Å². The van der Waals surface area contributed by atoms with Crippen LogP contribution >= 0.6 is 0 Å². The first-order valence-electron chi connectivity index (χ1n) is 7.35. The van der Waals surface area contributed by atoms with E-state index < -0.39 is 0 Å². The summed E-state index contributed by atoms with van der Waals surface area (Å²) in [5.41, 5.74) is 2.35. The average Bonchev–Trinajstić information content (AvgIpc) is 3.02. The molecule has 1 fully saturated rings. The van der Waals surface area contributed by atoms with E-state index in [-0.39, 0.29) is 5.56 Å². The zero-order valence-corrected chi connectivity index (χ0v) is 12.1. The van der Waals surface area contributed by atoms with Crippen LogP contribution < -0.4 is 15.2 Å². The zero-order valence-electron chi connectivity index (χ0n) is 12.1. The van der Waals surface area contributed by atoms with E-state index in [2.05, 4.69) is 15.1 Å². The van der Waals surface area contributed by atoms with E-state index >= 15 is 0 Å². The first kappa shape index (κ1) is 13.7. The first-order valence-corrected chi connectivity index (χ1v) is 7.35. The summed E-state index contributed by atoms with van der Waals surface area (Å²) in [4.78, 5) is 14.5. The topological polar surface area (TPSA) is 58.2 Å². The van der Waals surface area contributed by atoms with Crippen molar-refractivity contribution < 1.29 is 4.74 Å². The van der Waals surface area contributed by atoms with Crippen LogP contribution in [-0.4, -0.2) is 29.9 Å². The molecule has 2 heterocycles. The second-order valence-electron chi connectivity index (χ2n) is 5.11. The van der Waals surface area contributed by atoms with Crippen LogP contribution in [0.2, 0.25) is 0 Å². The largest absolute Gasteiger partial charge is 0.494 e. The number of ether oxygens (including phenoxy) is 1. The third kappa shape index (κ3) is 2.77. The highest BCUT2D eigenvalue weighted by atomic mass is 16.5. The molecular weight excluding hydrogens is 266 g/mol. The first-order chi connectivity index (χ1) is 10.3.